The second kappa shape index (κ2) is 5.77. The number of ketones is 1. The van der Waals surface area contributed by atoms with E-state index in [-0.39, 0.29) is 11.7 Å². The van der Waals surface area contributed by atoms with E-state index in [4.69, 9.17) is 4.74 Å². The molecule has 0 saturated carbocycles. The van der Waals surface area contributed by atoms with E-state index >= 15 is 0 Å². The van der Waals surface area contributed by atoms with Crippen molar-refractivity contribution < 1.29 is 14.3 Å². The van der Waals surface area contributed by atoms with Gasteiger partial charge in [-0.25, -0.2) is 0 Å². The first-order chi connectivity index (χ1) is 9.54. The van der Waals surface area contributed by atoms with E-state index in [9.17, 15) is 9.59 Å². The van der Waals surface area contributed by atoms with E-state index in [0.29, 0.717) is 24.3 Å². The predicted molar refractivity (Wildman–Crippen MR) is 77.2 cm³/mol. The third kappa shape index (κ3) is 2.66. The van der Waals surface area contributed by atoms with Crippen molar-refractivity contribution in [3.05, 3.63) is 29.5 Å². The zero-order chi connectivity index (χ0) is 14.7. The summed E-state index contributed by atoms with van der Waals surface area (Å²) < 4.78 is 5.28. The second-order valence-electron chi connectivity index (χ2n) is 4.67. The summed E-state index contributed by atoms with van der Waals surface area (Å²) in [6, 6.07) is 3.68. The number of amides is 1. The fourth-order valence-electron chi connectivity index (χ4n) is 2.36. The minimum atomic E-state index is -0.0609. The average molecular weight is 274 g/mol. The second-order valence-corrected chi connectivity index (χ2v) is 4.67. The maximum Gasteiger partial charge on any atom is 0.216 e. The Kier molecular flexibility index (Phi) is 4.08. The quantitative estimate of drug-likeness (QED) is 0.820. The smallest absolute Gasteiger partial charge is 0.216 e. The summed E-state index contributed by atoms with van der Waals surface area (Å²) in [5.74, 6) is 0.479. The van der Waals surface area contributed by atoms with Gasteiger partial charge in [-0.2, -0.15) is 0 Å². The molecule has 0 aliphatic rings. The normalized spacial score (nSPS) is 10.6. The summed E-state index contributed by atoms with van der Waals surface area (Å²) in [5.41, 5.74) is 2.48. The van der Waals surface area contributed by atoms with Gasteiger partial charge in [0, 0.05) is 30.6 Å². The molecule has 1 aromatic heterocycles. The largest absolute Gasteiger partial charge is 0.496 e. The number of hydrogen-bond acceptors (Lipinski definition) is 3. The summed E-state index contributed by atoms with van der Waals surface area (Å²) >= 11 is 0. The van der Waals surface area contributed by atoms with Crippen LogP contribution >= 0.6 is 0 Å². The number of methoxy groups -OCH3 is 1. The molecule has 0 fully saturated rings. The number of benzene rings is 1. The molecule has 0 atom stereocenters. The summed E-state index contributed by atoms with van der Waals surface area (Å²) in [6.07, 6.45) is 2.53. The minimum absolute atomic E-state index is 0.0344. The number of Topliss-reactive ketones (excluding diaryl/α,β-unsaturated/α-hetero) is 1. The molecule has 0 saturated heterocycles. The van der Waals surface area contributed by atoms with Crippen LogP contribution in [0, 0.1) is 0 Å². The van der Waals surface area contributed by atoms with Crippen molar-refractivity contribution in [2.45, 2.75) is 20.3 Å². The van der Waals surface area contributed by atoms with Gasteiger partial charge in [-0.05, 0) is 31.0 Å². The van der Waals surface area contributed by atoms with Gasteiger partial charge in [0.1, 0.15) is 5.75 Å². The van der Waals surface area contributed by atoms with E-state index in [1.807, 2.05) is 12.3 Å². The maximum absolute atomic E-state index is 11.9. The zero-order valence-electron chi connectivity index (χ0n) is 11.9. The van der Waals surface area contributed by atoms with Crippen LogP contribution in [0.3, 0.4) is 0 Å². The van der Waals surface area contributed by atoms with Gasteiger partial charge in [0.15, 0.2) is 5.78 Å². The van der Waals surface area contributed by atoms with E-state index in [0.717, 1.165) is 16.5 Å². The van der Waals surface area contributed by atoms with Crippen molar-refractivity contribution in [1.82, 2.24) is 10.3 Å². The summed E-state index contributed by atoms with van der Waals surface area (Å²) in [5, 5.41) is 3.63. The number of ether oxygens (including phenoxy) is 1. The number of H-pyrrole nitrogens is 1. The number of hydrogen-bond donors (Lipinski definition) is 2. The number of rotatable bonds is 5. The lowest BCUT2D eigenvalue weighted by molar-refractivity contribution is -0.118. The highest BCUT2D eigenvalue weighted by molar-refractivity contribution is 6.10. The molecule has 5 heteroatoms. The maximum atomic E-state index is 11.9. The zero-order valence-corrected chi connectivity index (χ0v) is 11.9. The van der Waals surface area contributed by atoms with Crippen LogP contribution in [0.4, 0.5) is 0 Å². The molecule has 2 N–H and O–H groups in total. The van der Waals surface area contributed by atoms with Crippen LogP contribution in [0.25, 0.3) is 10.9 Å². The number of aromatic nitrogens is 1. The third-order valence-electron chi connectivity index (χ3n) is 3.23. The van der Waals surface area contributed by atoms with Crippen LogP contribution < -0.4 is 10.1 Å². The molecule has 2 aromatic rings. The molecule has 0 radical (unpaired) electrons. The first-order valence-electron chi connectivity index (χ1n) is 6.47. The standard InChI is InChI=1S/C15H18N2O3/c1-9(18)14-13(20-3)5-4-12-15(14)11(8-17-12)6-7-16-10(2)19/h4-5,8,17H,6-7H2,1-3H3,(H,16,19). The number of fused-ring (bicyclic) bond motifs is 1. The molecule has 106 valence electrons. The molecule has 0 aliphatic heterocycles. The van der Waals surface area contributed by atoms with Crippen molar-refractivity contribution >= 4 is 22.6 Å². The Morgan fingerprint density at radius 2 is 2.05 bits per heavy atom. The van der Waals surface area contributed by atoms with Crippen LogP contribution in [0.2, 0.25) is 0 Å². The molecule has 5 nitrogen and oxygen atoms in total. The average Bonchev–Trinajstić information content (AvgIpc) is 2.80. The lowest BCUT2D eigenvalue weighted by atomic mass is 10.0. The molecule has 0 bridgehead atoms. The predicted octanol–water partition coefficient (Wildman–Crippen LogP) is 2.06. The lowest BCUT2D eigenvalue weighted by Gasteiger charge is -2.09. The Labute approximate surface area is 117 Å². The van der Waals surface area contributed by atoms with Crippen LogP contribution in [0.1, 0.15) is 29.8 Å². The molecular formula is C15H18N2O3. The number of aromatic amines is 1. The summed E-state index contributed by atoms with van der Waals surface area (Å²) in [7, 11) is 1.55. The number of carbonyl (C=O) groups is 2. The van der Waals surface area contributed by atoms with Gasteiger partial charge in [0.05, 0.1) is 12.7 Å². The van der Waals surface area contributed by atoms with Gasteiger partial charge in [-0.15, -0.1) is 0 Å². The molecule has 1 amide bonds. The Balaban J connectivity index is 2.45. The third-order valence-corrected chi connectivity index (χ3v) is 3.23. The monoisotopic (exact) mass is 274 g/mol. The highest BCUT2D eigenvalue weighted by atomic mass is 16.5. The number of carbonyl (C=O) groups excluding carboxylic acids is 2. The summed E-state index contributed by atoms with van der Waals surface area (Å²) in [4.78, 5) is 26.0. The van der Waals surface area contributed by atoms with Crippen LogP contribution in [0.5, 0.6) is 5.75 Å². The molecule has 2 rings (SSSR count). The van der Waals surface area contributed by atoms with E-state index < -0.39 is 0 Å². The first kappa shape index (κ1) is 14.1. The highest BCUT2D eigenvalue weighted by Crippen LogP contribution is 2.30. The van der Waals surface area contributed by atoms with E-state index in [2.05, 4.69) is 10.3 Å². The van der Waals surface area contributed by atoms with E-state index in [1.54, 1.807) is 13.2 Å². The van der Waals surface area contributed by atoms with Gasteiger partial charge in [-0.3, -0.25) is 9.59 Å². The molecule has 20 heavy (non-hydrogen) atoms. The van der Waals surface area contributed by atoms with Gasteiger partial charge in [-0.1, -0.05) is 0 Å². The molecule has 1 aromatic carbocycles. The van der Waals surface area contributed by atoms with Gasteiger partial charge in [0.25, 0.3) is 0 Å². The molecular weight excluding hydrogens is 256 g/mol. The Morgan fingerprint density at radius 3 is 2.65 bits per heavy atom. The Morgan fingerprint density at radius 1 is 1.30 bits per heavy atom. The number of nitrogens with one attached hydrogen (secondary N) is 2. The van der Waals surface area contributed by atoms with Crippen molar-refractivity contribution in [2.24, 2.45) is 0 Å². The minimum Gasteiger partial charge on any atom is -0.496 e. The molecule has 0 unspecified atom stereocenters. The van der Waals surface area contributed by atoms with Crippen molar-refractivity contribution in [1.29, 1.82) is 0 Å². The summed E-state index contributed by atoms with van der Waals surface area (Å²) in [6.45, 7) is 3.55. The lowest BCUT2D eigenvalue weighted by Crippen LogP contribution is -2.22. The molecule has 1 heterocycles. The SMILES string of the molecule is COc1ccc2[nH]cc(CCNC(C)=O)c2c1C(C)=O. The fourth-order valence-corrected chi connectivity index (χ4v) is 2.36. The van der Waals surface area contributed by atoms with Crippen molar-refractivity contribution in [3.8, 4) is 5.75 Å². The van der Waals surface area contributed by atoms with Gasteiger partial charge in [0.2, 0.25) is 5.91 Å². The molecule has 0 aliphatic carbocycles. The first-order valence-corrected chi connectivity index (χ1v) is 6.47. The van der Waals surface area contributed by atoms with Crippen LogP contribution in [0.15, 0.2) is 18.3 Å². The topological polar surface area (TPSA) is 71.2 Å². The Hall–Kier alpha value is -2.30. The van der Waals surface area contributed by atoms with Crippen LogP contribution in [-0.4, -0.2) is 30.3 Å². The van der Waals surface area contributed by atoms with Gasteiger partial charge < -0.3 is 15.0 Å². The molecule has 0 spiro atoms. The van der Waals surface area contributed by atoms with E-state index in [1.165, 1.54) is 13.8 Å². The Bertz CT molecular complexity index is 658. The van der Waals surface area contributed by atoms with Gasteiger partial charge >= 0.3 is 0 Å². The highest BCUT2D eigenvalue weighted by Gasteiger charge is 2.16. The fraction of sp³-hybridized carbons (Fsp3) is 0.333. The van der Waals surface area contributed by atoms with Crippen molar-refractivity contribution in [2.75, 3.05) is 13.7 Å². The van der Waals surface area contributed by atoms with Crippen molar-refractivity contribution in [3.63, 3.8) is 0 Å². The van der Waals surface area contributed by atoms with Crippen LogP contribution in [-0.2, 0) is 11.2 Å².